The molecule has 0 atom stereocenters. The molecule has 2 aliphatic rings. The summed E-state index contributed by atoms with van der Waals surface area (Å²) < 4.78 is 51.4. The summed E-state index contributed by atoms with van der Waals surface area (Å²) in [5.74, 6) is -0.347. The number of morpholine rings is 1. The van der Waals surface area contributed by atoms with Crippen molar-refractivity contribution in [3.63, 3.8) is 0 Å². The summed E-state index contributed by atoms with van der Waals surface area (Å²) in [6.45, 7) is 2.65. The van der Waals surface area contributed by atoms with Crippen molar-refractivity contribution in [2.45, 2.75) is 37.9 Å². The number of aromatic nitrogens is 4. The minimum absolute atomic E-state index is 0.0262. The number of halogens is 4. The van der Waals surface area contributed by atoms with Gasteiger partial charge in [-0.15, -0.1) is 0 Å². The third-order valence-corrected chi connectivity index (χ3v) is 6.52. The molecule has 1 aliphatic heterocycles. The van der Waals surface area contributed by atoms with Crippen LogP contribution < -0.4 is 10.2 Å². The molecule has 2 fully saturated rings. The highest BCUT2D eigenvalue weighted by molar-refractivity contribution is 9.10. The SMILES string of the molecule is O=C(CCn1nc(C(F)(F)F)c(Br)c1C1CC1)Nc1ccc(N2CCOCC2)c2nonc12. The highest BCUT2D eigenvalue weighted by Gasteiger charge is 2.41. The van der Waals surface area contributed by atoms with Crippen molar-refractivity contribution in [3.05, 3.63) is 28.0 Å². The second kappa shape index (κ2) is 8.60. The van der Waals surface area contributed by atoms with E-state index in [0.717, 1.165) is 18.5 Å². The van der Waals surface area contributed by atoms with Crippen LogP contribution in [0.1, 0.15) is 36.6 Å². The van der Waals surface area contributed by atoms with Crippen LogP contribution >= 0.6 is 15.9 Å². The molecule has 1 saturated heterocycles. The minimum Gasteiger partial charge on any atom is -0.378 e. The van der Waals surface area contributed by atoms with Crippen molar-refractivity contribution in [2.75, 3.05) is 36.5 Å². The van der Waals surface area contributed by atoms with E-state index in [1.807, 2.05) is 6.07 Å². The summed E-state index contributed by atoms with van der Waals surface area (Å²) in [4.78, 5) is 14.7. The minimum atomic E-state index is -4.57. The largest absolute Gasteiger partial charge is 0.436 e. The number of aryl methyl sites for hydroxylation is 1. The van der Waals surface area contributed by atoms with E-state index in [0.29, 0.717) is 48.7 Å². The van der Waals surface area contributed by atoms with Crippen molar-refractivity contribution >= 4 is 44.2 Å². The number of fused-ring (bicyclic) bond motifs is 1. The van der Waals surface area contributed by atoms with Gasteiger partial charge in [-0.3, -0.25) is 9.48 Å². The Balaban J connectivity index is 1.31. The average molecular weight is 529 g/mol. The molecule has 0 unspecified atom stereocenters. The van der Waals surface area contributed by atoms with Gasteiger partial charge in [-0.2, -0.15) is 18.3 Å². The number of hydrogen-bond acceptors (Lipinski definition) is 7. The Morgan fingerprint density at radius 3 is 2.61 bits per heavy atom. The molecular formula is C20H20BrF3N6O3. The van der Waals surface area contributed by atoms with Crippen molar-refractivity contribution in [3.8, 4) is 0 Å². The zero-order valence-electron chi connectivity index (χ0n) is 17.4. The number of rotatable bonds is 6. The zero-order chi connectivity index (χ0) is 23.2. The number of anilines is 2. The first-order valence-electron chi connectivity index (χ1n) is 10.5. The smallest absolute Gasteiger partial charge is 0.378 e. The number of carbonyl (C=O) groups is 1. The Bertz CT molecular complexity index is 1180. The summed E-state index contributed by atoms with van der Waals surface area (Å²) in [6, 6.07) is 3.55. The van der Waals surface area contributed by atoms with Gasteiger partial charge in [-0.25, -0.2) is 4.63 Å². The number of carbonyl (C=O) groups excluding carboxylic acids is 1. The highest BCUT2D eigenvalue weighted by Crippen LogP contribution is 2.47. The van der Waals surface area contributed by atoms with Gasteiger partial charge < -0.3 is 15.0 Å². The molecule has 33 heavy (non-hydrogen) atoms. The van der Waals surface area contributed by atoms with Crippen molar-refractivity contribution < 1.29 is 27.3 Å². The van der Waals surface area contributed by atoms with Crippen LogP contribution in [0.2, 0.25) is 0 Å². The lowest BCUT2D eigenvalue weighted by Crippen LogP contribution is -2.36. The van der Waals surface area contributed by atoms with E-state index in [1.165, 1.54) is 4.68 Å². The Kier molecular flexibility index (Phi) is 5.77. The summed E-state index contributed by atoms with van der Waals surface area (Å²) in [6.07, 6.45) is -3.01. The molecule has 1 N–H and O–H groups in total. The monoisotopic (exact) mass is 528 g/mol. The lowest BCUT2D eigenvalue weighted by Gasteiger charge is -2.28. The first-order chi connectivity index (χ1) is 15.8. The Labute approximate surface area is 194 Å². The third kappa shape index (κ3) is 4.43. The van der Waals surface area contributed by atoms with Gasteiger partial charge in [0.1, 0.15) is 0 Å². The third-order valence-electron chi connectivity index (χ3n) is 5.73. The van der Waals surface area contributed by atoms with Crippen LogP contribution in [0.25, 0.3) is 11.0 Å². The van der Waals surface area contributed by atoms with E-state index >= 15 is 0 Å². The summed E-state index contributed by atoms with van der Waals surface area (Å²) in [5.41, 5.74) is 1.73. The lowest BCUT2D eigenvalue weighted by molar-refractivity contribution is -0.142. The highest BCUT2D eigenvalue weighted by atomic mass is 79.9. The number of hydrogen-bond donors (Lipinski definition) is 1. The maximum atomic E-state index is 13.3. The first-order valence-corrected chi connectivity index (χ1v) is 11.3. The van der Waals surface area contributed by atoms with E-state index < -0.39 is 11.9 Å². The molecule has 1 aromatic carbocycles. The Hall–Kier alpha value is -2.67. The van der Waals surface area contributed by atoms with Crippen LogP contribution in [0.15, 0.2) is 21.2 Å². The van der Waals surface area contributed by atoms with Crippen LogP contribution in [-0.2, 0) is 22.3 Å². The van der Waals surface area contributed by atoms with Crippen molar-refractivity contribution in [1.29, 1.82) is 0 Å². The fourth-order valence-corrected chi connectivity index (χ4v) is 4.82. The Morgan fingerprint density at radius 1 is 1.18 bits per heavy atom. The van der Waals surface area contributed by atoms with E-state index in [2.05, 4.69) is 41.6 Å². The molecule has 1 aliphatic carbocycles. The number of benzene rings is 1. The molecule has 5 rings (SSSR count). The number of ether oxygens (including phenoxy) is 1. The topological polar surface area (TPSA) is 98.3 Å². The van der Waals surface area contributed by atoms with Crippen LogP contribution in [0, 0.1) is 0 Å². The average Bonchev–Trinajstić information content (AvgIpc) is 3.37. The molecular weight excluding hydrogens is 509 g/mol. The van der Waals surface area contributed by atoms with E-state index in [-0.39, 0.29) is 29.3 Å². The predicted octanol–water partition coefficient (Wildman–Crippen LogP) is 3.94. The van der Waals surface area contributed by atoms with Crippen LogP contribution in [-0.4, -0.2) is 52.3 Å². The second-order valence-corrected chi connectivity index (χ2v) is 8.83. The lowest BCUT2D eigenvalue weighted by atomic mass is 10.2. The molecule has 0 spiro atoms. The summed E-state index contributed by atoms with van der Waals surface area (Å²) >= 11 is 3.06. The predicted molar refractivity (Wildman–Crippen MR) is 115 cm³/mol. The molecule has 3 heterocycles. The molecule has 3 aromatic rings. The molecule has 0 bridgehead atoms. The summed E-state index contributed by atoms with van der Waals surface area (Å²) in [7, 11) is 0. The van der Waals surface area contributed by atoms with Crippen LogP contribution in [0.5, 0.6) is 0 Å². The van der Waals surface area contributed by atoms with Gasteiger partial charge in [0, 0.05) is 25.4 Å². The number of nitrogens with zero attached hydrogens (tertiary/aromatic N) is 5. The van der Waals surface area contributed by atoms with Crippen LogP contribution in [0.4, 0.5) is 24.5 Å². The molecule has 1 saturated carbocycles. The van der Waals surface area contributed by atoms with Gasteiger partial charge in [-0.05, 0) is 51.2 Å². The van der Waals surface area contributed by atoms with E-state index in [1.54, 1.807) is 6.07 Å². The molecule has 13 heteroatoms. The fraction of sp³-hybridized carbons (Fsp3) is 0.500. The zero-order valence-corrected chi connectivity index (χ0v) is 18.9. The van der Waals surface area contributed by atoms with Gasteiger partial charge in [0.15, 0.2) is 16.7 Å². The quantitative estimate of drug-likeness (QED) is 0.517. The van der Waals surface area contributed by atoms with Gasteiger partial charge in [0.2, 0.25) is 5.91 Å². The second-order valence-electron chi connectivity index (χ2n) is 8.03. The van der Waals surface area contributed by atoms with Gasteiger partial charge in [0.05, 0.1) is 41.3 Å². The maximum absolute atomic E-state index is 13.3. The Morgan fingerprint density at radius 2 is 1.91 bits per heavy atom. The molecule has 9 nitrogen and oxygen atoms in total. The van der Waals surface area contributed by atoms with E-state index in [4.69, 9.17) is 9.37 Å². The van der Waals surface area contributed by atoms with Crippen LogP contribution in [0.3, 0.4) is 0 Å². The molecule has 2 aromatic heterocycles. The van der Waals surface area contributed by atoms with Gasteiger partial charge in [0.25, 0.3) is 0 Å². The molecule has 1 amide bonds. The fourth-order valence-electron chi connectivity index (χ4n) is 3.99. The van der Waals surface area contributed by atoms with Gasteiger partial charge in [-0.1, -0.05) is 0 Å². The maximum Gasteiger partial charge on any atom is 0.436 e. The first kappa shape index (κ1) is 22.1. The van der Waals surface area contributed by atoms with E-state index in [9.17, 15) is 18.0 Å². The number of alkyl halides is 3. The number of amides is 1. The standard InChI is InChI=1S/C20H20BrF3N6O3/c21-15-18(11-1-2-11)30(26-19(15)20(22,23)24)6-5-14(31)25-12-3-4-13(17-16(12)27-33-28-17)29-7-9-32-10-8-29/h3-4,11H,1-2,5-10H2,(H,25,31). The number of nitrogens with one attached hydrogen (secondary N) is 1. The van der Waals surface area contributed by atoms with Crippen molar-refractivity contribution in [2.24, 2.45) is 0 Å². The normalized spacial score (nSPS) is 17.0. The van der Waals surface area contributed by atoms with Crippen molar-refractivity contribution in [1.82, 2.24) is 20.1 Å². The van der Waals surface area contributed by atoms with Gasteiger partial charge >= 0.3 is 6.18 Å². The molecule has 0 radical (unpaired) electrons. The molecule has 176 valence electrons. The summed E-state index contributed by atoms with van der Waals surface area (Å²) in [5, 5.41) is 14.4.